The highest BCUT2D eigenvalue weighted by molar-refractivity contribution is 9.10. The number of ether oxygens (including phenoxy) is 1. The molecule has 2 nitrogen and oxygen atoms in total. The van der Waals surface area contributed by atoms with Crippen LogP contribution in [-0.2, 0) is 12.8 Å². The first-order chi connectivity index (χ1) is 8.79. The van der Waals surface area contributed by atoms with Gasteiger partial charge in [-0.15, -0.1) is 0 Å². The Morgan fingerprint density at radius 2 is 2.11 bits per heavy atom. The zero-order valence-electron chi connectivity index (χ0n) is 10.1. The van der Waals surface area contributed by atoms with Gasteiger partial charge in [-0.3, -0.25) is 0 Å². The van der Waals surface area contributed by atoms with Gasteiger partial charge in [0.2, 0.25) is 0 Å². The van der Waals surface area contributed by atoms with Gasteiger partial charge >= 0.3 is 0 Å². The van der Waals surface area contributed by atoms with Gasteiger partial charge in [-0.05, 0) is 59.1 Å². The second-order valence-electron chi connectivity index (χ2n) is 4.02. The second-order valence-corrected chi connectivity index (χ2v) is 5.66. The molecule has 4 heteroatoms. The minimum Gasteiger partial charge on any atom is -0.493 e. The zero-order valence-corrected chi connectivity index (χ0v) is 12.5. The summed E-state index contributed by atoms with van der Waals surface area (Å²) in [4.78, 5) is 0. The smallest absolute Gasteiger partial charge is 0.119 e. The number of benzene rings is 1. The SMILES string of the molecule is NCCc1cc(OCCc2ccsc2)ccc1Br. The normalized spacial score (nSPS) is 10.6. The van der Waals surface area contributed by atoms with E-state index in [9.17, 15) is 0 Å². The lowest BCUT2D eigenvalue weighted by Gasteiger charge is -2.09. The highest BCUT2D eigenvalue weighted by Gasteiger charge is 2.02. The van der Waals surface area contributed by atoms with Crippen LogP contribution in [0.25, 0.3) is 0 Å². The Balaban J connectivity index is 1.90. The third kappa shape index (κ3) is 3.83. The van der Waals surface area contributed by atoms with Crippen molar-refractivity contribution in [1.82, 2.24) is 0 Å². The molecule has 0 saturated carbocycles. The predicted octanol–water partition coefficient (Wildman–Crippen LogP) is 3.63. The molecular formula is C14H16BrNOS. The van der Waals surface area contributed by atoms with E-state index in [4.69, 9.17) is 10.5 Å². The van der Waals surface area contributed by atoms with Gasteiger partial charge in [0, 0.05) is 10.9 Å². The van der Waals surface area contributed by atoms with Crippen molar-refractivity contribution in [3.63, 3.8) is 0 Å². The Kier molecular flexibility index (Phi) is 5.23. The van der Waals surface area contributed by atoms with E-state index in [0.717, 1.165) is 23.1 Å². The minimum absolute atomic E-state index is 0.650. The van der Waals surface area contributed by atoms with Crippen molar-refractivity contribution in [3.05, 3.63) is 50.6 Å². The maximum absolute atomic E-state index is 5.76. The van der Waals surface area contributed by atoms with Gasteiger partial charge in [0.1, 0.15) is 5.75 Å². The second kappa shape index (κ2) is 6.92. The van der Waals surface area contributed by atoms with Crippen LogP contribution >= 0.6 is 27.3 Å². The van der Waals surface area contributed by atoms with Crippen molar-refractivity contribution in [1.29, 1.82) is 0 Å². The van der Waals surface area contributed by atoms with Gasteiger partial charge in [-0.1, -0.05) is 15.9 Å². The first-order valence-electron chi connectivity index (χ1n) is 5.92. The Bertz CT molecular complexity index is 485. The average Bonchev–Trinajstić information content (AvgIpc) is 2.87. The summed E-state index contributed by atoms with van der Waals surface area (Å²) in [7, 11) is 0. The maximum atomic E-state index is 5.76. The van der Waals surface area contributed by atoms with Gasteiger partial charge in [-0.25, -0.2) is 0 Å². The molecular weight excluding hydrogens is 310 g/mol. The summed E-state index contributed by atoms with van der Waals surface area (Å²) in [6, 6.07) is 8.20. The zero-order chi connectivity index (χ0) is 12.8. The quantitative estimate of drug-likeness (QED) is 0.880. The van der Waals surface area contributed by atoms with Crippen LogP contribution in [0.15, 0.2) is 39.5 Å². The molecule has 1 heterocycles. The molecule has 0 atom stereocenters. The summed E-state index contributed by atoms with van der Waals surface area (Å²) in [6.07, 6.45) is 1.81. The molecule has 0 aliphatic heterocycles. The van der Waals surface area contributed by atoms with Gasteiger partial charge in [0.25, 0.3) is 0 Å². The molecule has 0 radical (unpaired) electrons. The summed E-state index contributed by atoms with van der Waals surface area (Å²) < 4.78 is 6.86. The number of hydrogen-bond acceptors (Lipinski definition) is 3. The van der Waals surface area contributed by atoms with Crippen LogP contribution in [0.4, 0.5) is 0 Å². The molecule has 96 valence electrons. The van der Waals surface area contributed by atoms with Gasteiger partial charge in [0.15, 0.2) is 0 Å². The monoisotopic (exact) mass is 325 g/mol. The molecule has 0 aliphatic rings. The number of halogens is 1. The summed E-state index contributed by atoms with van der Waals surface area (Å²) >= 11 is 5.24. The fourth-order valence-corrected chi connectivity index (χ4v) is 2.86. The van der Waals surface area contributed by atoms with Crippen molar-refractivity contribution >= 4 is 27.3 Å². The van der Waals surface area contributed by atoms with E-state index >= 15 is 0 Å². The van der Waals surface area contributed by atoms with Crippen LogP contribution < -0.4 is 10.5 Å². The van der Waals surface area contributed by atoms with Crippen LogP contribution in [0.2, 0.25) is 0 Å². The molecule has 0 aliphatic carbocycles. The van der Waals surface area contributed by atoms with E-state index < -0.39 is 0 Å². The molecule has 1 aromatic heterocycles. The fourth-order valence-electron chi connectivity index (χ4n) is 1.71. The van der Waals surface area contributed by atoms with E-state index in [1.165, 1.54) is 11.1 Å². The molecule has 0 spiro atoms. The Morgan fingerprint density at radius 1 is 1.22 bits per heavy atom. The number of nitrogens with two attached hydrogens (primary N) is 1. The lowest BCUT2D eigenvalue weighted by atomic mass is 10.1. The van der Waals surface area contributed by atoms with Crippen LogP contribution in [0.3, 0.4) is 0 Å². The molecule has 2 N–H and O–H groups in total. The van der Waals surface area contributed by atoms with Crippen LogP contribution in [0.1, 0.15) is 11.1 Å². The highest BCUT2D eigenvalue weighted by atomic mass is 79.9. The highest BCUT2D eigenvalue weighted by Crippen LogP contribution is 2.23. The third-order valence-corrected chi connectivity index (χ3v) is 4.18. The van der Waals surface area contributed by atoms with Crippen molar-refractivity contribution in [2.75, 3.05) is 13.2 Å². The molecule has 0 saturated heterocycles. The molecule has 2 rings (SSSR count). The number of rotatable bonds is 6. The summed E-state index contributed by atoms with van der Waals surface area (Å²) in [5.74, 6) is 0.914. The maximum Gasteiger partial charge on any atom is 0.119 e. The molecule has 18 heavy (non-hydrogen) atoms. The third-order valence-electron chi connectivity index (χ3n) is 2.67. The fraction of sp³-hybridized carbons (Fsp3) is 0.286. The Hall–Kier alpha value is -0.840. The summed E-state index contributed by atoms with van der Waals surface area (Å²) in [6.45, 7) is 1.36. The Morgan fingerprint density at radius 3 is 2.83 bits per heavy atom. The topological polar surface area (TPSA) is 35.2 Å². The van der Waals surface area contributed by atoms with Crippen molar-refractivity contribution in [2.45, 2.75) is 12.8 Å². The van der Waals surface area contributed by atoms with E-state index in [1.54, 1.807) is 11.3 Å². The van der Waals surface area contributed by atoms with Gasteiger partial charge in [-0.2, -0.15) is 11.3 Å². The van der Waals surface area contributed by atoms with Crippen molar-refractivity contribution < 1.29 is 4.74 Å². The summed E-state index contributed by atoms with van der Waals surface area (Å²) in [5, 5.41) is 4.25. The first kappa shape index (κ1) is 13.6. The number of hydrogen-bond donors (Lipinski definition) is 1. The average molecular weight is 326 g/mol. The first-order valence-corrected chi connectivity index (χ1v) is 7.65. The lowest BCUT2D eigenvalue weighted by Crippen LogP contribution is -2.05. The van der Waals surface area contributed by atoms with Gasteiger partial charge < -0.3 is 10.5 Å². The minimum atomic E-state index is 0.650. The van der Waals surface area contributed by atoms with Crippen LogP contribution in [0.5, 0.6) is 5.75 Å². The molecule has 0 bridgehead atoms. The molecule has 0 amide bonds. The van der Waals surface area contributed by atoms with E-state index in [-0.39, 0.29) is 0 Å². The van der Waals surface area contributed by atoms with E-state index in [0.29, 0.717) is 13.2 Å². The summed E-state index contributed by atoms with van der Waals surface area (Å²) in [5.41, 5.74) is 8.12. The van der Waals surface area contributed by atoms with E-state index in [1.807, 2.05) is 12.1 Å². The molecule has 0 unspecified atom stereocenters. The molecule has 2 aromatic rings. The Labute approximate surface area is 120 Å². The molecule has 1 aromatic carbocycles. The van der Waals surface area contributed by atoms with Crippen molar-refractivity contribution in [2.24, 2.45) is 5.73 Å². The predicted molar refractivity (Wildman–Crippen MR) is 80.4 cm³/mol. The standard InChI is InChI=1S/C14H16BrNOS/c15-14-2-1-13(9-12(14)3-6-16)17-7-4-11-5-8-18-10-11/h1-2,5,8-10H,3-4,6-7,16H2. The number of thiophene rings is 1. The van der Waals surface area contributed by atoms with Crippen LogP contribution in [0, 0.1) is 0 Å². The van der Waals surface area contributed by atoms with Gasteiger partial charge in [0.05, 0.1) is 6.61 Å². The largest absolute Gasteiger partial charge is 0.493 e. The molecule has 0 fully saturated rings. The van der Waals surface area contributed by atoms with Crippen molar-refractivity contribution in [3.8, 4) is 5.75 Å². The lowest BCUT2D eigenvalue weighted by molar-refractivity contribution is 0.321. The van der Waals surface area contributed by atoms with E-state index in [2.05, 4.69) is 38.8 Å². The van der Waals surface area contributed by atoms with Crippen LogP contribution in [-0.4, -0.2) is 13.2 Å².